The Morgan fingerprint density at radius 3 is 2.42 bits per heavy atom. The van der Waals surface area contributed by atoms with Crippen LogP contribution in [0.5, 0.6) is 0 Å². The van der Waals surface area contributed by atoms with Crippen molar-refractivity contribution in [3.8, 4) is 10.6 Å². The fourth-order valence-corrected chi connectivity index (χ4v) is 5.42. The van der Waals surface area contributed by atoms with Crippen molar-refractivity contribution in [3.63, 3.8) is 0 Å². The summed E-state index contributed by atoms with van der Waals surface area (Å²) in [7, 11) is -4.03. The summed E-state index contributed by atoms with van der Waals surface area (Å²) >= 11 is 13.2. The number of aromatic nitrogens is 2. The number of halogens is 2. The maximum absolute atomic E-state index is 12.9. The molecular weight excluding hydrogens is 503 g/mol. The third-order valence-corrected chi connectivity index (χ3v) is 7.60. The Balaban J connectivity index is 1.55. The van der Waals surface area contributed by atoms with E-state index in [1.807, 2.05) is 0 Å². The first-order valence-electron chi connectivity index (χ1n) is 9.52. The second kappa shape index (κ2) is 9.48. The van der Waals surface area contributed by atoms with E-state index in [-0.39, 0.29) is 20.6 Å². The first kappa shape index (κ1) is 23.2. The number of para-hydroxylation sites is 1. The molecule has 4 rings (SSSR count). The topological polar surface area (TPSA) is 101 Å². The summed E-state index contributed by atoms with van der Waals surface area (Å²) in [5, 5.41) is 12.2. The van der Waals surface area contributed by atoms with Gasteiger partial charge in [-0.3, -0.25) is 14.8 Å². The average Bonchev–Trinajstić information content (AvgIpc) is 3.24. The number of rotatable bonds is 6. The quantitative estimate of drug-likeness (QED) is 0.332. The van der Waals surface area contributed by atoms with E-state index in [2.05, 4.69) is 20.2 Å². The number of hydrogen-bond acceptors (Lipinski definition) is 6. The zero-order valence-electron chi connectivity index (χ0n) is 17.0. The molecule has 0 atom stereocenters. The molecule has 33 heavy (non-hydrogen) atoms. The van der Waals surface area contributed by atoms with E-state index in [1.165, 1.54) is 29.5 Å². The Morgan fingerprint density at radius 2 is 1.70 bits per heavy atom. The van der Waals surface area contributed by atoms with Crippen LogP contribution in [-0.4, -0.2) is 24.5 Å². The lowest BCUT2D eigenvalue weighted by atomic mass is 10.2. The van der Waals surface area contributed by atoms with Gasteiger partial charge in [-0.15, -0.1) is 10.2 Å². The van der Waals surface area contributed by atoms with E-state index in [1.54, 1.807) is 55.5 Å². The molecule has 4 aromatic rings. The van der Waals surface area contributed by atoms with Crippen LogP contribution in [0, 0.1) is 6.92 Å². The predicted molar refractivity (Wildman–Crippen MR) is 132 cm³/mol. The molecule has 0 bridgehead atoms. The lowest BCUT2D eigenvalue weighted by Crippen LogP contribution is -2.17. The van der Waals surface area contributed by atoms with Gasteiger partial charge in [0.2, 0.25) is 5.13 Å². The molecule has 7 nitrogen and oxygen atoms in total. The number of carbonyl (C=O) groups excluding carboxylic acids is 1. The molecule has 168 valence electrons. The third-order valence-electron chi connectivity index (χ3n) is 4.61. The smallest absolute Gasteiger partial charge is 0.263 e. The fourth-order valence-electron chi connectivity index (χ4n) is 2.89. The van der Waals surface area contributed by atoms with Gasteiger partial charge in [-0.1, -0.05) is 64.9 Å². The van der Waals surface area contributed by atoms with E-state index in [4.69, 9.17) is 23.2 Å². The van der Waals surface area contributed by atoms with Crippen molar-refractivity contribution >= 4 is 61.3 Å². The highest BCUT2D eigenvalue weighted by molar-refractivity contribution is 7.92. The normalized spacial score (nSPS) is 11.2. The van der Waals surface area contributed by atoms with E-state index >= 15 is 0 Å². The van der Waals surface area contributed by atoms with Crippen molar-refractivity contribution in [2.45, 2.75) is 11.8 Å². The largest absolute Gasteiger partial charge is 0.296 e. The highest BCUT2D eigenvalue weighted by Gasteiger charge is 2.21. The van der Waals surface area contributed by atoms with Crippen LogP contribution in [-0.2, 0) is 10.0 Å². The van der Waals surface area contributed by atoms with E-state index in [9.17, 15) is 13.2 Å². The lowest BCUT2D eigenvalue weighted by Gasteiger charge is -2.12. The SMILES string of the molecule is Cc1ccccc1NS(=O)(=O)c1cc(C(=O)Nc2nnc(-c3ccc(Cl)cc3)s2)ccc1Cl. The van der Waals surface area contributed by atoms with Crippen LogP contribution >= 0.6 is 34.5 Å². The molecule has 1 aromatic heterocycles. The number of anilines is 2. The van der Waals surface area contributed by atoms with Gasteiger partial charge in [0.1, 0.15) is 9.90 Å². The Labute approximate surface area is 204 Å². The van der Waals surface area contributed by atoms with Crippen molar-refractivity contribution in [1.82, 2.24) is 10.2 Å². The number of carbonyl (C=O) groups is 1. The summed E-state index contributed by atoms with van der Waals surface area (Å²) in [6, 6.07) is 18.0. The van der Waals surface area contributed by atoms with Crippen molar-refractivity contribution in [2.75, 3.05) is 10.0 Å². The number of sulfonamides is 1. The van der Waals surface area contributed by atoms with Crippen LogP contribution in [0.4, 0.5) is 10.8 Å². The second-order valence-electron chi connectivity index (χ2n) is 6.94. The molecule has 0 fully saturated rings. The molecule has 3 aromatic carbocycles. The van der Waals surface area contributed by atoms with Crippen LogP contribution < -0.4 is 10.0 Å². The van der Waals surface area contributed by atoms with Gasteiger partial charge < -0.3 is 0 Å². The van der Waals surface area contributed by atoms with Gasteiger partial charge in [-0.25, -0.2) is 8.42 Å². The lowest BCUT2D eigenvalue weighted by molar-refractivity contribution is 0.102. The Kier molecular flexibility index (Phi) is 6.66. The third kappa shape index (κ3) is 5.33. The van der Waals surface area contributed by atoms with Gasteiger partial charge in [0.25, 0.3) is 15.9 Å². The van der Waals surface area contributed by atoms with Crippen LogP contribution in [0.3, 0.4) is 0 Å². The minimum Gasteiger partial charge on any atom is -0.296 e. The number of amides is 1. The monoisotopic (exact) mass is 518 g/mol. The highest BCUT2D eigenvalue weighted by Crippen LogP contribution is 2.29. The van der Waals surface area contributed by atoms with Crippen molar-refractivity contribution in [3.05, 3.63) is 87.9 Å². The zero-order chi connectivity index (χ0) is 23.6. The number of aryl methyl sites for hydroxylation is 1. The molecule has 1 amide bonds. The van der Waals surface area contributed by atoms with Crippen LogP contribution in [0.2, 0.25) is 10.0 Å². The predicted octanol–water partition coefficient (Wildman–Crippen LogP) is 5.87. The molecule has 0 unspecified atom stereocenters. The van der Waals surface area contributed by atoms with Crippen LogP contribution in [0.15, 0.2) is 71.6 Å². The van der Waals surface area contributed by atoms with Gasteiger partial charge in [-0.05, 0) is 48.9 Å². The van der Waals surface area contributed by atoms with Gasteiger partial charge >= 0.3 is 0 Å². The van der Waals surface area contributed by atoms with Crippen molar-refractivity contribution in [1.29, 1.82) is 0 Å². The number of hydrogen-bond donors (Lipinski definition) is 2. The molecule has 0 aliphatic heterocycles. The molecule has 0 radical (unpaired) electrons. The van der Waals surface area contributed by atoms with E-state index in [0.717, 1.165) is 11.1 Å². The maximum atomic E-state index is 12.9. The van der Waals surface area contributed by atoms with Crippen LogP contribution in [0.1, 0.15) is 15.9 Å². The first-order chi connectivity index (χ1) is 15.7. The zero-order valence-corrected chi connectivity index (χ0v) is 20.2. The standard InChI is InChI=1S/C22H16Cl2N4O3S2/c1-13-4-2-3-5-18(13)28-33(30,31)19-12-15(8-11-17(19)24)20(29)25-22-27-26-21(32-22)14-6-9-16(23)10-7-14/h2-12,28H,1H3,(H,25,27,29). The van der Waals surface area contributed by atoms with Gasteiger partial charge in [0.15, 0.2) is 0 Å². The molecular formula is C22H16Cl2N4O3S2. The van der Waals surface area contributed by atoms with Crippen molar-refractivity contribution in [2.24, 2.45) is 0 Å². The molecule has 0 aliphatic rings. The molecule has 0 aliphatic carbocycles. The summed E-state index contributed by atoms with van der Waals surface area (Å²) in [4.78, 5) is 12.6. The number of benzene rings is 3. The van der Waals surface area contributed by atoms with E-state index in [0.29, 0.717) is 15.7 Å². The average molecular weight is 519 g/mol. The van der Waals surface area contributed by atoms with Gasteiger partial charge in [-0.2, -0.15) is 0 Å². The molecule has 1 heterocycles. The number of nitrogens with one attached hydrogen (secondary N) is 2. The second-order valence-corrected chi connectivity index (χ2v) is 10.4. The fraction of sp³-hybridized carbons (Fsp3) is 0.0455. The maximum Gasteiger partial charge on any atom is 0.263 e. The molecule has 0 spiro atoms. The molecule has 2 N–H and O–H groups in total. The summed E-state index contributed by atoms with van der Waals surface area (Å²) in [6.07, 6.45) is 0. The summed E-state index contributed by atoms with van der Waals surface area (Å²) in [5.41, 5.74) is 2.08. The molecule has 0 saturated heterocycles. The Morgan fingerprint density at radius 1 is 0.970 bits per heavy atom. The first-order valence-corrected chi connectivity index (χ1v) is 12.6. The van der Waals surface area contributed by atoms with Crippen molar-refractivity contribution < 1.29 is 13.2 Å². The molecule has 11 heteroatoms. The van der Waals surface area contributed by atoms with Gasteiger partial charge in [0, 0.05) is 16.1 Å². The Hall–Kier alpha value is -2.98. The summed E-state index contributed by atoms with van der Waals surface area (Å²) in [5.74, 6) is -0.544. The van der Waals surface area contributed by atoms with E-state index < -0.39 is 15.9 Å². The van der Waals surface area contributed by atoms with Crippen LogP contribution in [0.25, 0.3) is 10.6 Å². The minimum atomic E-state index is -4.03. The summed E-state index contributed by atoms with van der Waals surface area (Å²) in [6.45, 7) is 1.78. The Bertz CT molecular complexity index is 1440. The number of nitrogens with zero attached hydrogens (tertiary/aromatic N) is 2. The minimum absolute atomic E-state index is 0.00595. The highest BCUT2D eigenvalue weighted by atomic mass is 35.5. The van der Waals surface area contributed by atoms with Gasteiger partial charge in [0.05, 0.1) is 10.7 Å². The molecule has 0 saturated carbocycles. The summed E-state index contributed by atoms with van der Waals surface area (Å²) < 4.78 is 28.4.